The van der Waals surface area contributed by atoms with Gasteiger partial charge in [0.05, 0.1) is 33.5 Å². The number of rotatable bonds is 9. The van der Waals surface area contributed by atoms with Crippen LogP contribution in [-0.2, 0) is 0 Å². The lowest BCUT2D eigenvalue weighted by molar-refractivity contribution is 0.260. The monoisotopic (exact) mass is 535 g/mol. The summed E-state index contributed by atoms with van der Waals surface area (Å²) in [6.45, 7) is 7.74. The lowest BCUT2D eigenvalue weighted by Crippen LogP contribution is -2.38. The zero-order chi connectivity index (χ0) is 26.2. The van der Waals surface area contributed by atoms with Gasteiger partial charge in [-0.1, -0.05) is 43.4 Å². The highest BCUT2D eigenvalue weighted by Crippen LogP contribution is 2.36. The molecule has 10 heteroatoms. The maximum absolute atomic E-state index is 13.7. The third kappa shape index (κ3) is 5.82. The summed E-state index contributed by atoms with van der Waals surface area (Å²) in [7, 11) is -1.27. The van der Waals surface area contributed by atoms with Crippen molar-refractivity contribution in [3.8, 4) is 6.07 Å². The zero-order valence-corrected chi connectivity index (χ0v) is 23.0. The quantitative estimate of drug-likeness (QED) is 0.245. The Morgan fingerprint density at radius 3 is 2.68 bits per heavy atom. The molecule has 1 aliphatic carbocycles. The molecule has 0 spiro atoms. The molecule has 1 aromatic heterocycles. The van der Waals surface area contributed by atoms with E-state index in [1.807, 2.05) is 12.1 Å². The van der Waals surface area contributed by atoms with Gasteiger partial charge < -0.3 is 16.1 Å². The normalized spacial score (nSPS) is 16.2. The van der Waals surface area contributed by atoms with Crippen LogP contribution in [0.5, 0.6) is 0 Å². The molecule has 4 N–H and O–H groups in total. The molecule has 1 fully saturated rings. The lowest BCUT2D eigenvalue weighted by atomic mass is 10.0. The summed E-state index contributed by atoms with van der Waals surface area (Å²) in [5.41, 5.74) is 10.9. The van der Waals surface area contributed by atoms with E-state index in [0.717, 1.165) is 53.5 Å². The van der Waals surface area contributed by atoms with Crippen molar-refractivity contribution in [2.45, 2.75) is 50.6 Å². The molecule has 1 saturated carbocycles. The Morgan fingerprint density at radius 2 is 2.00 bits per heavy atom. The fourth-order valence-electron chi connectivity index (χ4n) is 4.38. The number of halogens is 2. The van der Waals surface area contributed by atoms with E-state index in [9.17, 15) is 9.65 Å². The largest absolute Gasteiger partial charge is 0.384 e. The van der Waals surface area contributed by atoms with Gasteiger partial charge in [-0.2, -0.15) is 5.26 Å². The maximum atomic E-state index is 13.7. The molecule has 3 aromatic rings. The van der Waals surface area contributed by atoms with Crippen molar-refractivity contribution in [3.63, 3.8) is 0 Å². The number of nitriles is 1. The second-order valence-electron chi connectivity index (χ2n) is 10.8. The molecule has 1 unspecified atom stereocenters. The number of hydrazine groups is 2. The Kier molecular flexibility index (Phi) is 6.99. The van der Waals surface area contributed by atoms with Gasteiger partial charge in [0.25, 0.3) is 0 Å². The SMILES string of the molecule is C[Si](C)(C)CCNc1c(C#N)cnc2c(Cl)cc(NC(C3=CN(C4CC4)NN3)c3ccc(F)cc3)cc12. The van der Waals surface area contributed by atoms with Gasteiger partial charge in [0, 0.05) is 44.1 Å². The highest BCUT2D eigenvalue weighted by Gasteiger charge is 2.32. The number of benzene rings is 2. The van der Waals surface area contributed by atoms with Gasteiger partial charge in [-0.25, -0.2) is 4.39 Å². The Balaban J connectivity index is 1.52. The summed E-state index contributed by atoms with van der Waals surface area (Å²) in [6, 6.07) is 13.8. The molecule has 0 saturated heterocycles. The number of hydrogen-bond acceptors (Lipinski definition) is 7. The Bertz CT molecular complexity index is 1380. The summed E-state index contributed by atoms with van der Waals surface area (Å²) in [4.78, 5) is 4.48. The highest BCUT2D eigenvalue weighted by molar-refractivity contribution is 6.76. The van der Waals surface area contributed by atoms with Crippen LogP contribution in [0.2, 0.25) is 30.7 Å². The van der Waals surface area contributed by atoms with E-state index < -0.39 is 8.07 Å². The van der Waals surface area contributed by atoms with Crippen molar-refractivity contribution in [2.24, 2.45) is 0 Å². The van der Waals surface area contributed by atoms with Gasteiger partial charge in [-0.15, -0.1) is 5.53 Å². The highest BCUT2D eigenvalue weighted by atomic mass is 35.5. The average molecular weight is 536 g/mol. The molecule has 5 rings (SSSR count). The summed E-state index contributed by atoms with van der Waals surface area (Å²) in [6.07, 6.45) is 5.93. The Labute approximate surface area is 222 Å². The number of aromatic nitrogens is 1. The lowest BCUT2D eigenvalue weighted by Gasteiger charge is -2.23. The molecular formula is C27H31ClFN7Si. The molecule has 0 bridgehead atoms. The molecule has 1 atom stereocenters. The number of nitrogens with one attached hydrogen (secondary N) is 4. The van der Waals surface area contributed by atoms with Crippen molar-refractivity contribution in [3.05, 3.63) is 76.5 Å². The standard InChI is InChI=1S/C27H31ClFN7Si/c1-37(2,3)11-10-31-25-18(14-30)15-32-27-22(25)12-20(13-23(27)28)33-26(17-4-6-19(29)7-5-17)24-16-36(35-34-24)21-8-9-21/h4-7,12-13,15-16,21,26,33-35H,8-11H2,1-3H3,(H,31,32). The first-order chi connectivity index (χ1) is 17.7. The minimum absolute atomic E-state index is 0.286. The third-order valence-electron chi connectivity index (χ3n) is 6.60. The first-order valence-corrected chi connectivity index (χ1v) is 16.6. The van der Waals surface area contributed by atoms with Crippen molar-refractivity contribution < 1.29 is 4.39 Å². The van der Waals surface area contributed by atoms with Crippen molar-refractivity contribution in [1.82, 2.24) is 21.0 Å². The van der Waals surface area contributed by atoms with Gasteiger partial charge in [0.15, 0.2) is 0 Å². The molecule has 7 nitrogen and oxygen atoms in total. The van der Waals surface area contributed by atoms with E-state index >= 15 is 0 Å². The van der Waals surface area contributed by atoms with Gasteiger partial charge in [-0.05, 0) is 48.7 Å². The minimum Gasteiger partial charge on any atom is -0.384 e. The third-order valence-corrected chi connectivity index (χ3v) is 8.63. The summed E-state index contributed by atoms with van der Waals surface area (Å²) < 4.78 is 13.7. The molecule has 37 heavy (non-hydrogen) atoms. The number of fused-ring (bicyclic) bond motifs is 1. The Morgan fingerprint density at radius 1 is 1.24 bits per heavy atom. The van der Waals surface area contributed by atoms with Crippen LogP contribution < -0.4 is 21.6 Å². The van der Waals surface area contributed by atoms with Gasteiger partial charge in [0.1, 0.15) is 11.9 Å². The predicted molar refractivity (Wildman–Crippen MR) is 150 cm³/mol. The maximum Gasteiger partial charge on any atom is 0.123 e. The van der Waals surface area contributed by atoms with Crippen molar-refractivity contribution >= 4 is 42.0 Å². The van der Waals surface area contributed by atoms with E-state index in [1.165, 1.54) is 12.1 Å². The fraction of sp³-hybridized carbons (Fsp3) is 0.333. The molecule has 2 aliphatic rings. The number of pyridine rings is 1. The fourth-order valence-corrected chi connectivity index (χ4v) is 5.53. The second kappa shape index (κ2) is 10.2. The smallest absolute Gasteiger partial charge is 0.123 e. The zero-order valence-electron chi connectivity index (χ0n) is 21.2. The number of anilines is 2. The first-order valence-electron chi connectivity index (χ1n) is 12.5. The second-order valence-corrected chi connectivity index (χ2v) is 16.9. The van der Waals surface area contributed by atoms with Crippen molar-refractivity contribution in [2.75, 3.05) is 17.2 Å². The molecule has 0 amide bonds. The molecule has 2 heterocycles. The van der Waals surface area contributed by atoms with Gasteiger partial charge in [0.2, 0.25) is 0 Å². The van der Waals surface area contributed by atoms with Crippen LogP contribution >= 0.6 is 11.6 Å². The van der Waals surface area contributed by atoms with E-state index in [1.54, 1.807) is 18.3 Å². The van der Waals surface area contributed by atoms with E-state index in [2.05, 4.69) is 63.5 Å². The molecule has 0 radical (unpaired) electrons. The summed E-state index contributed by atoms with van der Waals surface area (Å²) in [5, 5.41) is 20.2. The van der Waals surface area contributed by atoms with Crippen LogP contribution in [0.25, 0.3) is 10.9 Å². The molecular weight excluding hydrogens is 505 g/mol. The van der Waals surface area contributed by atoms with Gasteiger partial charge >= 0.3 is 0 Å². The van der Waals surface area contributed by atoms with Gasteiger partial charge in [-0.3, -0.25) is 9.99 Å². The van der Waals surface area contributed by atoms with E-state index in [0.29, 0.717) is 22.1 Å². The van der Waals surface area contributed by atoms with Crippen LogP contribution in [0, 0.1) is 17.1 Å². The van der Waals surface area contributed by atoms with Crippen LogP contribution in [0.3, 0.4) is 0 Å². The minimum atomic E-state index is -1.27. The summed E-state index contributed by atoms with van der Waals surface area (Å²) >= 11 is 6.71. The van der Waals surface area contributed by atoms with Crippen molar-refractivity contribution in [1.29, 1.82) is 5.26 Å². The van der Waals surface area contributed by atoms with Crippen LogP contribution in [0.1, 0.15) is 30.0 Å². The first kappa shape index (κ1) is 25.3. The van der Waals surface area contributed by atoms with E-state index in [4.69, 9.17) is 11.6 Å². The Hall–Kier alpha value is -3.32. The van der Waals surface area contributed by atoms with Crippen LogP contribution in [0.15, 0.2) is 54.5 Å². The topological polar surface area (TPSA) is 88.0 Å². The molecule has 2 aromatic carbocycles. The van der Waals surface area contributed by atoms with Crippen LogP contribution in [-0.4, -0.2) is 30.7 Å². The average Bonchev–Trinajstić information content (AvgIpc) is 3.59. The van der Waals surface area contributed by atoms with E-state index in [-0.39, 0.29) is 11.9 Å². The van der Waals surface area contributed by atoms with Crippen LogP contribution in [0.4, 0.5) is 15.8 Å². The molecule has 1 aliphatic heterocycles. The molecule has 192 valence electrons. The number of hydrogen-bond donors (Lipinski definition) is 4. The summed E-state index contributed by atoms with van der Waals surface area (Å²) in [5.74, 6) is -0.286. The number of nitrogens with zero attached hydrogens (tertiary/aromatic N) is 3. The predicted octanol–water partition coefficient (Wildman–Crippen LogP) is 6.13.